The Balaban J connectivity index is 0.00000193. The Morgan fingerprint density at radius 2 is 0.469 bits per heavy atom. The van der Waals surface area contributed by atoms with Crippen molar-refractivity contribution in [3.8, 4) is 44.5 Å². The molecule has 2 aliphatic rings. The van der Waals surface area contributed by atoms with Gasteiger partial charge < -0.3 is 50.2 Å². The van der Waals surface area contributed by atoms with Crippen LogP contribution >= 0.6 is 0 Å². The van der Waals surface area contributed by atoms with Crippen molar-refractivity contribution in [1.82, 2.24) is 19.9 Å². The van der Waals surface area contributed by atoms with Gasteiger partial charge >= 0.3 is 68.3 Å². The molecule has 20 heteroatoms. The van der Waals surface area contributed by atoms with Crippen LogP contribution in [0.15, 0.2) is 121 Å². The number of nitrogens with one attached hydrogen (secondary N) is 2. The summed E-state index contributed by atoms with van der Waals surface area (Å²) in [5, 5.41) is 94.4. The fraction of sp³-hybridized carbons (Fsp3) is 0. The maximum absolute atomic E-state index is 11.8. The van der Waals surface area contributed by atoms with Gasteiger partial charge in [-0.2, -0.15) is 0 Å². The van der Waals surface area contributed by atoms with Crippen molar-refractivity contribution in [1.29, 1.82) is 0 Å². The molecule has 0 fully saturated rings. The number of aromatic amines is 2. The van der Waals surface area contributed by atoms with Gasteiger partial charge in [-0.15, -0.1) is 21.9 Å². The predicted octanol–water partition coefficient (Wildman–Crippen LogP) is -3.02. The molecule has 8 bridgehead atoms. The monoisotopic (exact) mass is 1030 g/mol. The van der Waals surface area contributed by atoms with E-state index < -0.39 is 28.5 Å². The Labute approximate surface area is 410 Å². The zero-order valence-corrected chi connectivity index (χ0v) is 36.3. The van der Waals surface area contributed by atoms with Crippen LogP contribution in [0.25, 0.3) is 90.9 Å². The van der Waals surface area contributed by atoms with E-state index in [4.69, 9.17) is 9.97 Å². The first-order chi connectivity index (χ1) is 29.0. The SMILES string of the molecule is [Cu+2].[Cu+2].[Cu+2].[Cu+2].[O-]B([O-])c1ccc(-c2c3nc(c(-c4ccc(B([O-])[O-])cc4)c4ccc([nH]4)c(-c4ccc(B([O-])[O-])cc4)c4nc(c(-c5ccc(B([O-])[O-])cc5)c5ccc2[nH]5)C=C4)C=C3)cc1. The maximum atomic E-state index is 11.8. The number of hydrogen-bond donors (Lipinski definition) is 2. The van der Waals surface area contributed by atoms with Crippen LogP contribution in [-0.4, -0.2) is 48.4 Å². The second-order valence-electron chi connectivity index (χ2n) is 14.3. The Bertz CT molecular complexity index is 2610. The molecule has 0 saturated heterocycles. The van der Waals surface area contributed by atoms with Gasteiger partial charge in [-0.25, -0.2) is 9.97 Å². The quantitative estimate of drug-likeness (QED) is 0.146. The summed E-state index contributed by atoms with van der Waals surface area (Å²) >= 11 is 0. The zero-order chi connectivity index (χ0) is 41.7. The number of fused-ring (bicyclic) bond motifs is 8. The van der Waals surface area contributed by atoms with Crippen molar-refractivity contribution in [3.63, 3.8) is 0 Å². The van der Waals surface area contributed by atoms with E-state index in [1.807, 2.05) is 48.6 Å². The predicted molar refractivity (Wildman–Crippen MR) is 222 cm³/mol. The standard InChI is InChI=1S/C44H26B4N4O8.4Cu/c53-45(54)29-9-1-25(2-10-29)41-33-17-19-35(49-33)42(26-3-11-30(12-4-26)46(55)56)37-21-23-39(51-37)44(28-7-15-32(16-8-28)48(59)60)40-24-22-38(52-40)43(36-20-18-34(41)50-36)27-5-13-31(14-6-27)47(57)58;;;;/h1-24,49,52H;;;;/q-8;4*+2. The summed E-state index contributed by atoms with van der Waals surface area (Å²) in [6, 6.07) is 33.0. The summed E-state index contributed by atoms with van der Waals surface area (Å²) in [6.45, 7) is 0. The van der Waals surface area contributed by atoms with Gasteiger partial charge in [-0.3, -0.25) is 0 Å². The molecular formula is C44H26B4Cu4N4O8. The fourth-order valence-corrected chi connectivity index (χ4v) is 7.65. The van der Waals surface area contributed by atoms with E-state index in [2.05, 4.69) is 9.97 Å². The van der Waals surface area contributed by atoms with E-state index in [1.54, 1.807) is 48.5 Å². The number of nitrogens with zero attached hydrogens (tertiary/aromatic N) is 2. The first kappa shape index (κ1) is 50.5. The molecule has 0 amide bonds. The van der Waals surface area contributed by atoms with Crippen LogP contribution in [0.4, 0.5) is 0 Å². The van der Waals surface area contributed by atoms with Gasteiger partial charge in [0.2, 0.25) is 0 Å². The molecule has 0 aliphatic carbocycles. The smallest absolute Gasteiger partial charge is 0.889 e. The topological polar surface area (TPSA) is 242 Å². The second-order valence-corrected chi connectivity index (χ2v) is 14.3. The third-order valence-electron chi connectivity index (χ3n) is 10.6. The molecule has 12 nitrogen and oxygen atoms in total. The van der Waals surface area contributed by atoms with Crippen LogP contribution in [0.2, 0.25) is 0 Å². The van der Waals surface area contributed by atoms with Crippen LogP contribution in [0.5, 0.6) is 0 Å². The molecule has 2 N–H and O–H groups in total. The van der Waals surface area contributed by atoms with Crippen LogP contribution in [0, 0.1) is 0 Å². The molecule has 7 aromatic rings. The number of H-pyrrole nitrogens is 2. The van der Waals surface area contributed by atoms with E-state index in [0.717, 1.165) is 0 Å². The maximum Gasteiger partial charge on any atom is 2.00 e. The van der Waals surface area contributed by atoms with Crippen molar-refractivity contribution in [3.05, 3.63) is 144 Å². The van der Waals surface area contributed by atoms with Gasteiger partial charge in [0, 0.05) is 44.3 Å². The summed E-state index contributed by atoms with van der Waals surface area (Å²) < 4.78 is 0. The second kappa shape index (κ2) is 21.2. The van der Waals surface area contributed by atoms with Crippen molar-refractivity contribution < 1.29 is 108 Å². The number of hydrogen-bond acceptors (Lipinski definition) is 10. The van der Waals surface area contributed by atoms with E-state index in [0.29, 0.717) is 89.4 Å². The van der Waals surface area contributed by atoms with Gasteiger partial charge in [0.15, 0.2) is 0 Å². The van der Waals surface area contributed by atoms with Crippen LogP contribution in [0.3, 0.4) is 0 Å². The zero-order valence-electron chi connectivity index (χ0n) is 32.5. The molecule has 4 radical (unpaired) electrons. The third kappa shape index (κ3) is 10.00. The molecule has 4 aromatic carbocycles. The van der Waals surface area contributed by atoms with Crippen LogP contribution in [-0.2, 0) is 68.3 Å². The minimum absolute atomic E-state index is 0. The molecule has 326 valence electrons. The Morgan fingerprint density at radius 1 is 0.281 bits per heavy atom. The van der Waals surface area contributed by atoms with Gasteiger partial charge in [-0.05, 0) is 70.8 Å². The van der Waals surface area contributed by atoms with Gasteiger partial charge in [0.05, 0.1) is 22.8 Å². The molecule has 2 aliphatic heterocycles. The minimum atomic E-state index is -2.17. The summed E-state index contributed by atoms with van der Waals surface area (Å²) in [5.74, 6) is 0. The summed E-state index contributed by atoms with van der Waals surface area (Å²) in [4.78, 5) is 17.4. The molecule has 64 heavy (non-hydrogen) atoms. The number of rotatable bonds is 8. The average molecular weight is 1040 g/mol. The molecule has 9 rings (SSSR count). The number of aromatic nitrogens is 4. The molecule has 0 saturated carbocycles. The van der Waals surface area contributed by atoms with Crippen molar-refractivity contribution in [2.75, 3.05) is 0 Å². The first-order valence-electron chi connectivity index (χ1n) is 18.9. The van der Waals surface area contributed by atoms with Crippen molar-refractivity contribution in [2.24, 2.45) is 0 Å². The van der Waals surface area contributed by atoms with Crippen molar-refractivity contribution >= 4 is 96.7 Å². The largest absolute Gasteiger partial charge is 2.00 e. The first-order valence-corrected chi connectivity index (χ1v) is 18.9. The van der Waals surface area contributed by atoms with Crippen LogP contribution < -0.4 is 62.0 Å². The van der Waals surface area contributed by atoms with E-state index in [1.165, 1.54) is 48.5 Å². The van der Waals surface area contributed by atoms with Gasteiger partial charge in [-0.1, -0.05) is 126 Å². The Morgan fingerprint density at radius 3 is 0.641 bits per heavy atom. The number of benzene rings is 4. The van der Waals surface area contributed by atoms with Gasteiger partial charge in [0.1, 0.15) is 0 Å². The summed E-state index contributed by atoms with van der Waals surface area (Å²) in [5.41, 5.74) is 10.2. The average Bonchev–Trinajstić information content (AvgIpc) is 4.10. The summed E-state index contributed by atoms with van der Waals surface area (Å²) in [6.07, 6.45) is 7.39. The molecule has 5 heterocycles. The molecule has 0 spiro atoms. The molecule has 0 unspecified atom stereocenters. The Hall–Kier alpha value is -4.50. The van der Waals surface area contributed by atoms with Gasteiger partial charge in [0.25, 0.3) is 0 Å². The summed E-state index contributed by atoms with van der Waals surface area (Å²) in [7, 11) is -8.67. The Kier molecular flexibility index (Phi) is 16.7. The molecular weight excluding hydrogens is 1010 g/mol. The molecule has 0 atom stereocenters. The van der Waals surface area contributed by atoms with E-state index in [-0.39, 0.29) is 90.1 Å². The van der Waals surface area contributed by atoms with Crippen molar-refractivity contribution in [2.45, 2.75) is 0 Å². The normalized spacial score (nSPS) is 11.1. The fourth-order valence-electron chi connectivity index (χ4n) is 7.65. The molecule has 3 aromatic heterocycles. The van der Waals surface area contributed by atoms with Crippen LogP contribution in [0.1, 0.15) is 22.8 Å². The minimum Gasteiger partial charge on any atom is -0.889 e. The third-order valence-corrected chi connectivity index (χ3v) is 10.6. The van der Waals surface area contributed by atoms with E-state index in [9.17, 15) is 40.2 Å². The van der Waals surface area contributed by atoms with E-state index >= 15 is 0 Å².